The lowest BCUT2D eigenvalue weighted by Crippen LogP contribution is -2.39. The first-order chi connectivity index (χ1) is 8.11. The van der Waals surface area contributed by atoms with E-state index in [4.69, 9.17) is 0 Å². The van der Waals surface area contributed by atoms with Gasteiger partial charge in [-0.15, -0.1) is 0 Å². The van der Waals surface area contributed by atoms with E-state index in [0.29, 0.717) is 0 Å². The zero-order valence-corrected chi connectivity index (χ0v) is 12.3. The van der Waals surface area contributed by atoms with Crippen LogP contribution in [0.1, 0.15) is 52.9 Å². The van der Waals surface area contributed by atoms with Crippen LogP contribution in [-0.4, -0.2) is 37.6 Å². The Balaban J connectivity index is 2.06. The van der Waals surface area contributed by atoms with Crippen LogP contribution in [-0.2, 0) is 0 Å². The molecular weight excluding hydrogens is 208 g/mol. The van der Waals surface area contributed by atoms with Crippen molar-refractivity contribution in [3.8, 4) is 0 Å². The first-order valence-electron chi connectivity index (χ1n) is 7.53. The molecule has 1 rings (SSSR count). The van der Waals surface area contributed by atoms with Crippen molar-refractivity contribution < 1.29 is 0 Å². The molecule has 102 valence electrons. The van der Waals surface area contributed by atoms with E-state index in [1.54, 1.807) is 0 Å². The Hall–Kier alpha value is -0.0800. The van der Waals surface area contributed by atoms with Gasteiger partial charge < -0.3 is 10.2 Å². The lowest BCUT2D eigenvalue weighted by atomic mass is 9.87. The number of rotatable bonds is 7. The number of hydrogen-bond acceptors (Lipinski definition) is 2. The lowest BCUT2D eigenvalue weighted by molar-refractivity contribution is 0.257. The van der Waals surface area contributed by atoms with E-state index in [0.717, 1.165) is 24.4 Å². The molecule has 0 spiro atoms. The fraction of sp³-hybridized carbons (Fsp3) is 1.00. The topological polar surface area (TPSA) is 15.3 Å². The highest BCUT2D eigenvalue weighted by Crippen LogP contribution is 2.23. The molecular formula is C15H32N2. The monoisotopic (exact) mass is 240 g/mol. The third-order valence-electron chi connectivity index (χ3n) is 4.18. The van der Waals surface area contributed by atoms with Crippen molar-refractivity contribution in [3.63, 3.8) is 0 Å². The molecule has 0 radical (unpaired) electrons. The Bertz CT molecular complexity index is 193. The molecule has 0 aromatic heterocycles. The van der Waals surface area contributed by atoms with E-state index < -0.39 is 0 Å². The Morgan fingerprint density at radius 3 is 2.76 bits per heavy atom. The standard InChI is InChI=1S/C15H32N2/c1-5-13(2)12-17(4)10-9-16-15-8-6-7-14(3)11-15/h13-16H,5-12H2,1-4H3. The summed E-state index contributed by atoms with van der Waals surface area (Å²) in [5.41, 5.74) is 0. The molecule has 3 unspecified atom stereocenters. The van der Waals surface area contributed by atoms with E-state index in [-0.39, 0.29) is 0 Å². The van der Waals surface area contributed by atoms with Crippen LogP contribution in [0.4, 0.5) is 0 Å². The van der Waals surface area contributed by atoms with Gasteiger partial charge in [-0.25, -0.2) is 0 Å². The molecule has 1 saturated carbocycles. The molecule has 0 aromatic carbocycles. The number of hydrogen-bond donors (Lipinski definition) is 1. The Morgan fingerprint density at radius 1 is 1.35 bits per heavy atom. The smallest absolute Gasteiger partial charge is 0.0104 e. The molecule has 0 amide bonds. The van der Waals surface area contributed by atoms with Gasteiger partial charge in [0.05, 0.1) is 0 Å². The fourth-order valence-corrected chi connectivity index (χ4v) is 2.83. The summed E-state index contributed by atoms with van der Waals surface area (Å²) in [4.78, 5) is 2.47. The normalized spacial score (nSPS) is 27.4. The number of nitrogens with zero attached hydrogens (tertiary/aromatic N) is 1. The van der Waals surface area contributed by atoms with Gasteiger partial charge in [0.25, 0.3) is 0 Å². The first-order valence-corrected chi connectivity index (χ1v) is 7.53. The summed E-state index contributed by atoms with van der Waals surface area (Å²) in [5.74, 6) is 1.76. The van der Waals surface area contributed by atoms with Crippen molar-refractivity contribution in [3.05, 3.63) is 0 Å². The largest absolute Gasteiger partial charge is 0.313 e. The molecule has 0 heterocycles. The molecule has 2 nitrogen and oxygen atoms in total. The molecule has 1 aliphatic rings. The van der Waals surface area contributed by atoms with E-state index in [9.17, 15) is 0 Å². The van der Waals surface area contributed by atoms with Crippen LogP contribution in [0, 0.1) is 11.8 Å². The minimum atomic E-state index is 0.788. The van der Waals surface area contributed by atoms with Crippen molar-refractivity contribution in [1.82, 2.24) is 10.2 Å². The second kappa shape index (κ2) is 8.10. The third-order valence-corrected chi connectivity index (χ3v) is 4.18. The molecule has 1 fully saturated rings. The molecule has 0 saturated heterocycles. The van der Waals surface area contributed by atoms with Gasteiger partial charge in [0.2, 0.25) is 0 Å². The van der Waals surface area contributed by atoms with Crippen molar-refractivity contribution in [1.29, 1.82) is 0 Å². The highest BCUT2D eigenvalue weighted by molar-refractivity contribution is 4.76. The highest BCUT2D eigenvalue weighted by Gasteiger charge is 2.17. The molecule has 0 aromatic rings. The number of likely N-dealkylation sites (N-methyl/N-ethyl adjacent to an activating group) is 1. The lowest BCUT2D eigenvalue weighted by Gasteiger charge is -2.28. The van der Waals surface area contributed by atoms with Gasteiger partial charge >= 0.3 is 0 Å². The summed E-state index contributed by atoms with van der Waals surface area (Å²) >= 11 is 0. The van der Waals surface area contributed by atoms with E-state index in [1.165, 1.54) is 45.2 Å². The molecule has 0 bridgehead atoms. The van der Waals surface area contributed by atoms with Crippen molar-refractivity contribution in [2.45, 2.75) is 58.9 Å². The van der Waals surface area contributed by atoms with Crippen molar-refractivity contribution in [2.75, 3.05) is 26.7 Å². The molecule has 0 aliphatic heterocycles. The van der Waals surface area contributed by atoms with Crippen LogP contribution in [0.2, 0.25) is 0 Å². The Labute approximate surface area is 108 Å². The first kappa shape index (κ1) is 15.0. The van der Waals surface area contributed by atoms with Crippen LogP contribution in [0.3, 0.4) is 0 Å². The van der Waals surface area contributed by atoms with E-state index in [2.05, 4.69) is 38.0 Å². The summed E-state index contributed by atoms with van der Waals surface area (Å²) in [5, 5.41) is 3.73. The van der Waals surface area contributed by atoms with Crippen LogP contribution in [0.5, 0.6) is 0 Å². The highest BCUT2D eigenvalue weighted by atomic mass is 15.1. The quantitative estimate of drug-likeness (QED) is 0.735. The maximum absolute atomic E-state index is 3.73. The van der Waals surface area contributed by atoms with Crippen LogP contribution < -0.4 is 5.32 Å². The summed E-state index contributed by atoms with van der Waals surface area (Å²) in [6, 6.07) is 0.788. The summed E-state index contributed by atoms with van der Waals surface area (Å²) in [7, 11) is 2.25. The van der Waals surface area contributed by atoms with Crippen LogP contribution >= 0.6 is 0 Å². The molecule has 1 N–H and O–H groups in total. The second-order valence-electron chi connectivity index (χ2n) is 6.20. The van der Waals surface area contributed by atoms with E-state index >= 15 is 0 Å². The predicted octanol–water partition coefficient (Wildman–Crippen LogP) is 3.13. The summed E-state index contributed by atoms with van der Waals surface area (Å²) in [6.45, 7) is 10.6. The summed E-state index contributed by atoms with van der Waals surface area (Å²) in [6.07, 6.45) is 6.92. The predicted molar refractivity (Wildman–Crippen MR) is 76.4 cm³/mol. The SMILES string of the molecule is CCC(C)CN(C)CCNC1CCCC(C)C1. The molecule has 2 heteroatoms. The minimum Gasteiger partial charge on any atom is -0.313 e. The maximum Gasteiger partial charge on any atom is 0.0104 e. The van der Waals surface area contributed by atoms with Crippen LogP contribution in [0.15, 0.2) is 0 Å². The Morgan fingerprint density at radius 2 is 2.12 bits per heavy atom. The zero-order valence-electron chi connectivity index (χ0n) is 12.3. The maximum atomic E-state index is 3.73. The molecule has 17 heavy (non-hydrogen) atoms. The van der Waals surface area contributed by atoms with Gasteiger partial charge in [0.1, 0.15) is 0 Å². The average molecular weight is 240 g/mol. The Kier molecular flexibility index (Phi) is 7.14. The van der Waals surface area contributed by atoms with E-state index in [1.807, 2.05) is 0 Å². The fourth-order valence-electron chi connectivity index (χ4n) is 2.83. The zero-order chi connectivity index (χ0) is 12.7. The van der Waals surface area contributed by atoms with Gasteiger partial charge in [0.15, 0.2) is 0 Å². The van der Waals surface area contributed by atoms with Crippen molar-refractivity contribution >= 4 is 0 Å². The van der Waals surface area contributed by atoms with Gasteiger partial charge in [-0.2, -0.15) is 0 Å². The molecule has 1 aliphatic carbocycles. The van der Waals surface area contributed by atoms with Crippen LogP contribution in [0.25, 0.3) is 0 Å². The van der Waals surface area contributed by atoms with Gasteiger partial charge in [-0.05, 0) is 31.7 Å². The van der Waals surface area contributed by atoms with Gasteiger partial charge in [-0.3, -0.25) is 0 Å². The average Bonchev–Trinajstić information content (AvgIpc) is 2.29. The van der Waals surface area contributed by atoms with Gasteiger partial charge in [0, 0.05) is 25.7 Å². The minimum absolute atomic E-state index is 0.788. The summed E-state index contributed by atoms with van der Waals surface area (Å²) < 4.78 is 0. The second-order valence-corrected chi connectivity index (χ2v) is 6.20. The molecule has 3 atom stereocenters. The van der Waals surface area contributed by atoms with Gasteiger partial charge in [-0.1, -0.05) is 40.0 Å². The number of nitrogens with one attached hydrogen (secondary N) is 1. The van der Waals surface area contributed by atoms with Crippen molar-refractivity contribution in [2.24, 2.45) is 11.8 Å². The third kappa shape index (κ3) is 6.42.